The van der Waals surface area contributed by atoms with E-state index < -0.39 is 0 Å². The number of hydrogen-bond acceptors (Lipinski definition) is 3. The first-order valence-electron chi connectivity index (χ1n) is 7.25. The van der Waals surface area contributed by atoms with Crippen molar-refractivity contribution in [2.24, 2.45) is 0 Å². The lowest BCUT2D eigenvalue weighted by molar-refractivity contribution is -0.123. The largest absolute Gasteiger partial charge is 0.396 e. The van der Waals surface area contributed by atoms with Crippen LogP contribution in [0.4, 0.5) is 0 Å². The zero-order valence-electron chi connectivity index (χ0n) is 12.6. The van der Waals surface area contributed by atoms with Crippen molar-refractivity contribution < 1.29 is 14.7 Å². The van der Waals surface area contributed by atoms with Gasteiger partial charge in [-0.25, -0.2) is 0 Å². The molecule has 0 aliphatic carbocycles. The first-order valence-corrected chi connectivity index (χ1v) is 7.25. The minimum absolute atomic E-state index is 0.0124. The van der Waals surface area contributed by atoms with Crippen molar-refractivity contribution in [2.45, 2.75) is 45.2 Å². The normalized spacial score (nSPS) is 13.3. The third-order valence-electron chi connectivity index (χ3n) is 3.17. The van der Waals surface area contributed by atoms with Gasteiger partial charge in [0, 0.05) is 19.6 Å². The van der Waals surface area contributed by atoms with Gasteiger partial charge in [0.2, 0.25) is 11.8 Å². The molecule has 2 amide bonds. The average molecular weight is 292 g/mol. The van der Waals surface area contributed by atoms with E-state index in [1.54, 1.807) is 0 Å². The van der Waals surface area contributed by atoms with E-state index in [0.29, 0.717) is 6.42 Å². The van der Waals surface area contributed by atoms with Gasteiger partial charge < -0.3 is 15.7 Å². The van der Waals surface area contributed by atoms with E-state index in [2.05, 4.69) is 10.6 Å². The van der Waals surface area contributed by atoms with Crippen LogP contribution in [0.25, 0.3) is 0 Å². The van der Waals surface area contributed by atoms with Crippen LogP contribution in [0.15, 0.2) is 30.3 Å². The number of benzene rings is 1. The van der Waals surface area contributed by atoms with Crippen molar-refractivity contribution in [3.63, 3.8) is 0 Å². The molecule has 1 aromatic carbocycles. The van der Waals surface area contributed by atoms with Crippen LogP contribution in [-0.2, 0) is 9.59 Å². The summed E-state index contributed by atoms with van der Waals surface area (Å²) >= 11 is 0. The Morgan fingerprint density at radius 2 is 1.86 bits per heavy atom. The molecule has 0 heterocycles. The molecule has 0 radical (unpaired) electrons. The fraction of sp³-hybridized carbons (Fsp3) is 0.500. The van der Waals surface area contributed by atoms with Gasteiger partial charge in [-0.3, -0.25) is 9.59 Å². The number of rotatable bonds is 8. The first-order chi connectivity index (χ1) is 10.0. The lowest BCUT2D eigenvalue weighted by Gasteiger charge is -2.20. The summed E-state index contributed by atoms with van der Waals surface area (Å²) in [5.41, 5.74) is 0.908. The molecule has 21 heavy (non-hydrogen) atoms. The highest BCUT2D eigenvalue weighted by Crippen LogP contribution is 2.16. The second-order valence-electron chi connectivity index (χ2n) is 5.20. The Morgan fingerprint density at radius 1 is 1.19 bits per heavy atom. The second-order valence-corrected chi connectivity index (χ2v) is 5.20. The van der Waals surface area contributed by atoms with Crippen molar-refractivity contribution >= 4 is 11.8 Å². The highest BCUT2D eigenvalue weighted by Gasteiger charge is 2.17. The molecule has 116 valence electrons. The van der Waals surface area contributed by atoms with E-state index in [1.807, 2.05) is 37.3 Å². The summed E-state index contributed by atoms with van der Waals surface area (Å²) in [6.07, 6.45) is 1.60. The maximum absolute atomic E-state index is 12.1. The average Bonchev–Trinajstić information content (AvgIpc) is 2.44. The lowest BCUT2D eigenvalue weighted by atomic mass is 10.0. The summed E-state index contributed by atoms with van der Waals surface area (Å²) in [5, 5.41) is 14.5. The molecule has 2 atom stereocenters. The van der Waals surface area contributed by atoms with Crippen molar-refractivity contribution in [1.82, 2.24) is 10.6 Å². The molecule has 1 aromatic rings. The molecule has 0 fully saturated rings. The number of aliphatic hydroxyl groups is 1. The fourth-order valence-corrected chi connectivity index (χ4v) is 2.17. The highest BCUT2D eigenvalue weighted by atomic mass is 16.3. The van der Waals surface area contributed by atoms with E-state index in [-0.39, 0.29) is 36.9 Å². The molecule has 5 heteroatoms. The quantitative estimate of drug-likeness (QED) is 0.680. The fourth-order valence-electron chi connectivity index (χ4n) is 2.17. The molecular formula is C16H24N2O3. The predicted octanol–water partition coefficient (Wildman–Crippen LogP) is 1.53. The number of hydrogen-bond donors (Lipinski definition) is 3. The molecule has 0 aliphatic heterocycles. The van der Waals surface area contributed by atoms with Gasteiger partial charge in [-0.1, -0.05) is 30.3 Å². The van der Waals surface area contributed by atoms with Crippen LogP contribution in [0.3, 0.4) is 0 Å². The Labute approximate surface area is 125 Å². The Bertz CT molecular complexity index is 448. The minimum atomic E-state index is -0.325. The van der Waals surface area contributed by atoms with Crippen LogP contribution in [0.2, 0.25) is 0 Å². The summed E-state index contributed by atoms with van der Waals surface area (Å²) in [6.45, 7) is 3.47. The third-order valence-corrected chi connectivity index (χ3v) is 3.17. The summed E-state index contributed by atoms with van der Waals surface area (Å²) in [5.74, 6) is -0.270. The number of carbonyl (C=O) groups excluding carboxylic acids is 2. The first kappa shape index (κ1) is 17.2. The molecule has 0 saturated heterocycles. The van der Waals surface area contributed by atoms with Crippen molar-refractivity contribution in [1.29, 1.82) is 0 Å². The standard InChI is InChI=1S/C16H24N2O3/c1-12(7-6-10-19)17-16(21)11-15(18-13(2)20)14-8-4-3-5-9-14/h3-5,8-9,12,15,19H,6-7,10-11H2,1-2H3,(H,17,21)(H,18,20). The Balaban J connectivity index is 2.60. The molecule has 2 unspecified atom stereocenters. The lowest BCUT2D eigenvalue weighted by Crippen LogP contribution is -2.36. The molecular weight excluding hydrogens is 268 g/mol. The van der Waals surface area contributed by atoms with Gasteiger partial charge in [0.15, 0.2) is 0 Å². The van der Waals surface area contributed by atoms with Crippen LogP contribution in [-0.4, -0.2) is 29.6 Å². The van der Waals surface area contributed by atoms with Crippen molar-refractivity contribution in [2.75, 3.05) is 6.61 Å². The van der Waals surface area contributed by atoms with Gasteiger partial charge in [0.05, 0.1) is 12.5 Å². The number of nitrogens with one attached hydrogen (secondary N) is 2. The van der Waals surface area contributed by atoms with Gasteiger partial charge in [0.25, 0.3) is 0 Å². The van der Waals surface area contributed by atoms with Gasteiger partial charge in [-0.15, -0.1) is 0 Å². The Morgan fingerprint density at radius 3 is 2.43 bits per heavy atom. The predicted molar refractivity (Wildman–Crippen MR) is 81.5 cm³/mol. The molecule has 1 rings (SSSR count). The monoisotopic (exact) mass is 292 g/mol. The summed E-state index contributed by atoms with van der Waals surface area (Å²) < 4.78 is 0. The van der Waals surface area contributed by atoms with Crippen LogP contribution < -0.4 is 10.6 Å². The zero-order chi connectivity index (χ0) is 15.7. The number of aliphatic hydroxyl groups excluding tert-OH is 1. The van der Waals surface area contributed by atoms with E-state index in [1.165, 1.54) is 6.92 Å². The van der Waals surface area contributed by atoms with Crippen molar-refractivity contribution in [3.8, 4) is 0 Å². The Kier molecular flexibility index (Phi) is 7.46. The van der Waals surface area contributed by atoms with E-state index in [0.717, 1.165) is 12.0 Å². The smallest absolute Gasteiger partial charge is 0.222 e. The van der Waals surface area contributed by atoms with Crippen LogP contribution in [0.1, 0.15) is 44.7 Å². The van der Waals surface area contributed by atoms with Crippen molar-refractivity contribution in [3.05, 3.63) is 35.9 Å². The summed E-state index contributed by atoms with van der Waals surface area (Å²) in [4.78, 5) is 23.4. The van der Waals surface area contributed by atoms with E-state index in [9.17, 15) is 9.59 Å². The number of amides is 2. The Hall–Kier alpha value is -1.88. The second kappa shape index (κ2) is 9.13. The number of carbonyl (C=O) groups is 2. The third kappa shape index (κ3) is 6.90. The van der Waals surface area contributed by atoms with E-state index in [4.69, 9.17) is 5.11 Å². The highest BCUT2D eigenvalue weighted by molar-refractivity contribution is 5.79. The molecule has 3 N–H and O–H groups in total. The molecule has 0 aliphatic rings. The molecule has 0 saturated carbocycles. The van der Waals surface area contributed by atoms with Gasteiger partial charge >= 0.3 is 0 Å². The molecule has 0 aromatic heterocycles. The van der Waals surface area contributed by atoms with E-state index >= 15 is 0 Å². The maximum Gasteiger partial charge on any atom is 0.222 e. The van der Waals surface area contributed by atoms with Gasteiger partial charge in [0.1, 0.15) is 0 Å². The van der Waals surface area contributed by atoms with Crippen LogP contribution in [0.5, 0.6) is 0 Å². The molecule has 0 bridgehead atoms. The topological polar surface area (TPSA) is 78.4 Å². The van der Waals surface area contributed by atoms with Crippen LogP contribution in [0, 0.1) is 0 Å². The summed E-state index contributed by atoms with van der Waals surface area (Å²) in [7, 11) is 0. The van der Waals surface area contributed by atoms with Gasteiger partial charge in [-0.05, 0) is 25.3 Å². The summed E-state index contributed by atoms with van der Waals surface area (Å²) in [6, 6.07) is 9.13. The van der Waals surface area contributed by atoms with Gasteiger partial charge in [-0.2, -0.15) is 0 Å². The minimum Gasteiger partial charge on any atom is -0.396 e. The molecule has 0 spiro atoms. The van der Waals surface area contributed by atoms with Crippen LogP contribution >= 0.6 is 0 Å². The SMILES string of the molecule is CC(=O)NC(CC(=O)NC(C)CCCO)c1ccccc1. The zero-order valence-corrected chi connectivity index (χ0v) is 12.6. The maximum atomic E-state index is 12.1. The molecule has 5 nitrogen and oxygen atoms in total.